The van der Waals surface area contributed by atoms with Crippen molar-refractivity contribution in [3.8, 4) is 11.1 Å². The van der Waals surface area contributed by atoms with Crippen LogP contribution < -0.4 is 0 Å². The van der Waals surface area contributed by atoms with E-state index in [0.29, 0.717) is 15.7 Å². The minimum absolute atomic E-state index is 0.194. The Bertz CT molecular complexity index is 1840. The lowest BCUT2D eigenvalue weighted by Crippen LogP contribution is -2.10. The minimum Gasteiger partial charge on any atom is -0.461 e. The van der Waals surface area contributed by atoms with Gasteiger partial charge in [-0.2, -0.15) is 0 Å². The number of pyridine rings is 1. The van der Waals surface area contributed by atoms with E-state index in [1.807, 2.05) is 76.7 Å². The van der Waals surface area contributed by atoms with Crippen molar-refractivity contribution in [3.05, 3.63) is 118 Å². The van der Waals surface area contributed by atoms with Crippen LogP contribution in [0.5, 0.6) is 0 Å². The van der Waals surface area contributed by atoms with Crippen molar-refractivity contribution in [1.29, 1.82) is 0 Å². The number of carbonyl (C=O) groups excluding carboxylic acids is 1. The number of nitrogens with zero attached hydrogens (tertiary/aromatic N) is 5. The van der Waals surface area contributed by atoms with Crippen molar-refractivity contribution in [2.45, 2.75) is 12.8 Å². The Morgan fingerprint density at radius 1 is 0.974 bits per heavy atom. The Morgan fingerprint density at radius 3 is 2.49 bits per heavy atom. The molecule has 0 saturated carbocycles. The van der Waals surface area contributed by atoms with Crippen LogP contribution in [0.2, 0.25) is 10.0 Å². The molecule has 6 aromatic rings. The van der Waals surface area contributed by atoms with E-state index in [9.17, 15) is 4.79 Å². The van der Waals surface area contributed by atoms with Crippen molar-refractivity contribution in [2.75, 3.05) is 6.61 Å². The van der Waals surface area contributed by atoms with Crippen LogP contribution in [0.4, 0.5) is 0 Å². The quantitative estimate of drug-likeness (QED) is 0.208. The number of hydrogen-bond acceptors (Lipinski definition) is 5. The summed E-state index contributed by atoms with van der Waals surface area (Å²) in [5.74, 6) is 0.148. The molecule has 0 spiro atoms. The molecular formula is C30H23Cl2N5O2. The molecule has 9 heteroatoms. The molecule has 0 radical (unpaired) electrons. The van der Waals surface area contributed by atoms with E-state index >= 15 is 0 Å². The lowest BCUT2D eigenvalue weighted by molar-refractivity contribution is 0.0520. The first-order chi connectivity index (χ1) is 18.9. The maximum Gasteiger partial charge on any atom is 0.358 e. The molecule has 0 aliphatic carbocycles. The summed E-state index contributed by atoms with van der Waals surface area (Å²) in [5.41, 5.74) is 5.72. The second kappa shape index (κ2) is 10.2. The molecule has 0 bridgehead atoms. The van der Waals surface area contributed by atoms with E-state index in [1.54, 1.807) is 19.4 Å². The van der Waals surface area contributed by atoms with E-state index < -0.39 is 5.97 Å². The fourth-order valence-electron chi connectivity index (χ4n) is 4.95. The molecule has 0 aliphatic heterocycles. The molecule has 39 heavy (non-hydrogen) atoms. The van der Waals surface area contributed by atoms with Gasteiger partial charge in [0.15, 0.2) is 5.69 Å². The van der Waals surface area contributed by atoms with Gasteiger partial charge in [-0.1, -0.05) is 53.5 Å². The average molecular weight is 556 g/mol. The lowest BCUT2D eigenvalue weighted by Gasteiger charge is -2.19. The highest BCUT2D eigenvalue weighted by molar-refractivity contribution is 6.31. The van der Waals surface area contributed by atoms with Crippen molar-refractivity contribution < 1.29 is 9.53 Å². The predicted molar refractivity (Wildman–Crippen MR) is 153 cm³/mol. The first-order valence-electron chi connectivity index (χ1n) is 12.4. The summed E-state index contributed by atoms with van der Waals surface area (Å²) in [6, 6.07) is 23.7. The fourth-order valence-corrected chi connectivity index (χ4v) is 5.27. The average Bonchev–Trinajstić information content (AvgIpc) is 3.56. The third kappa shape index (κ3) is 4.64. The summed E-state index contributed by atoms with van der Waals surface area (Å²) in [5, 5.41) is 10.9. The van der Waals surface area contributed by atoms with Crippen LogP contribution >= 0.6 is 23.2 Å². The molecule has 6 rings (SSSR count). The number of ether oxygens (including phenoxy) is 1. The summed E-state index contributed by atoms with van der Waals surface area (Å²) >= 11 is 12.6. The van der Waals surface area contributed by atoms with Gasteiger partial charge in [0.1, 0.15) is 17.8 Å². The first kappa shape index (κ1) is 25.1. The summed E-state index contributed by atoms with van der Waals surface area (Å²) in [7, 11) is 1.93. The van der Waals surface area contributed by atoms with Crippen LogP contribution in [0.15, 0.2) is 85.3 Å². The molecule has 3 heterocycles. The first-order valence-corrected chi connectivity index (χ1v) is 13.2. The topological polar surface area (TPSA) is 74.3 Å². The summed E-state index contributed by atoms with van der Waals surface area (Å²) < 4.78 is 9.04. The van der Waals surface area contributed by atoms with E-state index in [1.165, 1.54) is 0 Å². The number of aryl methyl sites for hydroxylation is 1. The van der Waals surface area contributed by atoms with E-state index in [0.717, 1.165) is 39.0 Å². The Kier molecular flexibility index (Phi) is 6.54. The number of hydrogen-bond donors (Lipinski definition) is 0. The van der Waals surface area contributed by atoms with Gasteiger partial charge in [0.2, 0.25) is 0 Å². The van der Waals surface area contributed by atoms with Crippen LogP contribution in [0.1, 0.15) is 40.3 Å². The monoisotopic (exact) mass is 555 g/mol. The Balaban J connectivity index is 1.63. The minimum atomic E-state index is -0.458. The van der Waals surface area contributed by atoms with E-state index in [-0.39, 0.29) is 18.2 Å². The van der Waals surface area contributed by atoms with Gasteiger partial charge in [0.05, 0.1) is 18.0 Å². The number of halogens is 2. The van der Waals surface area contributed by atoms with Crippen LogP contribution in [0.25, 0.3) is 27.7 Å². The largest absolute Gasteiger partial charge is 0.461 e. The molecule has 7 nitrogen and oxygen atoms in total. The molecular weight excluding hydrogens is 533 g/mol. The smallest absolute Gasteiger partial charge is 0.358 e. The normalized spacial score (nSPS) is 12.2. The van der Waals surface area contributed by atoms with Gasteiger partial charge in [-0.25, -0.2) is 9.78 Å². The number of aromatic nitrogens is 5. The van der Waals surface area contributed by atoms with Crippen molar-refractivity contribution in [1.82, 2.24) is 24.1 Å². The van der Waals surface area contributed by atoms with Gasteiger partial charge >= 0.3 is 5.97 Å². The number of imidazole rings is 1. The molecule has 3 aromatic carbocycles. The van der Waals surface area contributed by atoms with Gasteiger partial charge in [-0.05, 0) is 71.6 Å². The molecule has 0 aliphatic rings. The third-order valence-electron chi connectivity index (χ3n) is 6.74. The molecule has 3 aromatic heterocycles. The SMILES string of the molecule is CCOC(=O)c1cn2c(cc(-c3cccc(Cl)c3)c3cc(C(c4ccc(Cl)cc4)c4nncn4C)ccc32)n1. The molecule has 1 unspecified atom stereocenters. The highest BCUT2D eigenvalue weighted by Crippen LogP contribution is 2.37. The second-order valence-corrected chi connectivity index (χ2v) is 10.1. The standard InChI is InChI=1S/C30H23Cl2N5O2/c1-3-39-30(38)25-16-37-26-12-9-20(28(29-35-33-17-36(29)2)18-7-10-21(31)11-8-18)14-24(26)23(15-27(37)34-25)19-5-4-6-22(32)13-19/h4-17,28H,3H2,1-2H3. The van der Waals surface area contributed by atoms with Crippen molar-refractivity contribution >= 4 is 45.7 Å². The van der Waals surface area contributed by atoms with Gasteiger partial charge in [-0.3, -0.25) is 4.40 Å². The molecule has 0 saturated heterocycles. The van der Waals surface area contributed by atoms with Crippen molar-refractivity contribution in [3.63, 3.8) is 0 Å². The highest BCUT2D eigenvalue weighted by Gasteiger charge is 2.23. The highest BCUT2D eigenvalue weighted by atomic mass is 35.5. The maximum atomic E-state index is 12.5. The maximum absolute atomic E-state index is 12.5. The summed E-state index contributed by atoms with van der Waals surface area (Å²) in [6.45, 7) is 2.05. The van der Waals surface area contributed by atoms with Crippen LogP contribution in [0, 0.1) is 0 Å². The van der Waals surface area contributed by atoms with Gasteiger partial charge in [0.25, 0.3) is 0 Å². The molecule has 194 valence electrons. The Morgan fingerprint density at radius 2 is 1.77 bits per heavy atom. The van der Waals surface area contributed by atoms with Crippen molar-refractivity contribution in [2.24, 2.45) is 7.05 Å². The molecule has 1 atom stereocenters. The third-order valence-corrected chi connectivity index (χ3v) is 7.23. The Labute approximate surface area is 234 Å². The van der Waals surface area contributed by atoms with E-state index in [2.05, 4.69) is 27.3 Å². The number of benzene rings is 3. The van der Waals surface area contributed by atoms with Gasteiger partial charge in [0, 0.05) is 28.7 Å². The zero-order valence-corrected chi connectivity index (χ0v) is 22.7. The number of rotatable bonds is 6. The van der Waals surface area contributed by atoms with Crippen LogP contribution in [-0.4, -0.2) is 36.7 Å². The summed E-state index contributed by atoms with van der Waals surface area (Å²) in [6.07, 6.45) is 3.42. The predicted octanol–water partition coefficient (Wildman–Crippen LogP) is 6.95. The van der Waals surface area contributed by atoms with Gasteiger partial charge < -0.3 is 9.30 Å². The number of fused-ring (bicyclic) bond motifs is 3. The second-order valence-electron chi connectivity index (χ2n) is 9.20. The fraction of sp³-hybridized carbons (Fsp3) is 0.133. The Hall–Kier alpha value is -4.20. The number of esters is 1. The lowest BCUT2D eigenvalue weighted by atomic mass is 9.88. The molecule has 0 fully saturated rings. The van der Waals surface area contributed by atoms with Crippen LogP contribution in [-0.2, 0) is 11.8 Å². The summed E-state index contributed by atoms with van der Waals surface area (Å²) in [4.78, 5) is 17.1. The number of carbonyl (C=O) groups is 1. The zero-order chi connectivity index (χ0) is 27.1. The van der Waals surface area contributed by atoms with Crippen LogP contribution in [0.3, 0.4) is 0 Å². The van der Waals surface area contributed by atoms with Gasteiger partial charge in [-0.15, -0.1) is 10.2 Å². The molecule has 0 amide bonds. The van der Waals surface area contributed by atoms with E-state index in [4.69, 9.17) is 27.9 Å². The zero-order valence-electron chi connectivity index (χ0n) is 21.2. The molecule has 0 N–H and O–H groups in total.